The summed E-state index contributed by atoms with van der Waals surface area (Å²) >= 11 is 5.41. The maximum Gasteiger partial charge on any atom is 0.326 e. The Labute approximate surface area is 134 Å². The number of carboxylic acid groups (broad SMARTS) is 1. The number of carboxylic acids is 1. The van der Waals surface area contributed by atoms with Gasteiger partial charge in [-0.05, 0) is 62.6 Å². The highest BCUT2D eigenvalue weighted by Gasteiger charge is 2.26. The van der Waals surface area contributed by atoms with E-state index in [0.29, 0.717) is 16.5 Å². The molecule has 19 heavy (non-hydrogen) atoms. The van der Waals surface area contributed by atoms with Crippen LogP contribution in [0.15, 0.2) is 22.7 Å². The Morgan fingerprint density at radius 3 is 2.63 bits per heavy atom. The topological polar surface area (TPSA) is 66.4 Å². The van der Waals surface area contributed by atoms with E-state index in [0.717, 1.165) is 3.57 Å². The van der Waals surface area contributed by atoms with Crippen LogP contribution in [0.1, 0.15) is 30.6 Å². The molecule has 1 rings (SSSR count). The van der Waals surface area contributed by atoms with E-state index >= 15 is 0 Å². The number of benzene rings is 1. The van der Waals surface area contributed by atoms with Crippen molar-refractivity contribution in [3.05, 3.63) is 31.8 Å². The number of hydrogen-bond donors (Lipinski definition) is 2. The van der Waals surface area contributed by atoms with Crippen LogP contribution in [0, 0.1) is 9.49 Å². The molecule has 2 atom stereocenters. The van der Waals surface area contributed by atoms with E-state index in [-0.39, 0.29) is 11.8 Å². The molecule has 0 unspecified atom stereocenters. The van der Waals surface area contributed by atoms with Crippen molar-refractivity contribution in [2.45, 2.75) is 26.3 Å². The maximum absolute atomic E-state index is 12.1. The summed E-state index contributed by atoms with van der Waals surface area (Å²) in [6.45, 7) is 3.71. The number of halogens is 2. The van der Waals surface area contributed by atoms with Gasteiger partial charge in [0, 0.05) is 8.04 Å². The van der Waals surface area contributed by atoms with E-state index < -0.39 is 12.0 Å². The molecule has 0 saturated heterocycles. The van der Waals surface area contributed by atoms with Crippen LogP contribution in [-0.4, -0.2) is 23.0 Å². The van der Waals surface area contributed by atoms with Crippen molar-refractivity contribution >= 4 is 50.4 Å². The zero-order valence-electron chi connectivity index (χ0n) is 10.6. The van der Waals surface area contributed by atoms with Crippen LogP contribution >= 0.6 is 38.5 Å². The van der Waals surface area contributed by atoms with Gasteiger partial charge in [-0.2, -0.15) is 0 Å². The van der Waals surface area contributed by atoms with E-state index in [9.17, 15) is 9.59 Å². The minimum Gasteiger partial charge on any atom is -0.480 e. The highest BCUT2D eigenvalue weighted by molar-refractivity contribution is 14.1. The van der Waals surface area contributed by atoms with Crippen molar-refractivity contribution in [3.63, 3.8) is 0 Å². The first kappa shape index (κ1) is 16.4. The fourth-order valence-electron chi connectivity index (χ4n) is 1.57. The third-order valence-corrected chi connectivity index (χ3v) is 4.30. The van der Waals surface area contributed by atoms with Crippen LogP contribution in [0.2, 0.25) is 0 Å². The van der Waals surface area contributed by atoms with Crippen LogP contribution in [0.5, 0.6) is 0 Å². The highest BCUT2D eigenvalue weighted by atomic mass is 127. The second-order valence-electron chi connectivity index (χ2n) is 4.30. The molecule has 0 aliphatic rings. The smallest absolute Gasteiger partial charge is 0.326 e. The van der Waals surface area contributed by atoms with Crippen LogP contribution in [0.4, 0.5) is 0 Å². The van der Waals surface area contributed by atoms with Gasteiger partial charge in [-0.15, -0.1) is 0 Å². The zero-order valence-corrected chi connectivity index (χ0v) is 14.4. The van der Waals surface area contributed by atoms with Crippen molar-refractivity contribution in [2.24, 2.45) is 5.92 Å². The molecule has 4 nitrogen and oxygen atoms in total. The van der Waals surface area contributed by atoms with Crippen molar-refractivity contribution in [1.29, 1.82) is 0 Å². The molecule has 0 aromatic heterocycles. The fraction of sp³-hybridized carbons (Fsp3) is 0.385. The molecule has 1 aromatic carbocycles. The lowest BCUT2D eigenvalue weighted by atomic mass is 9.99. The lowest BCUT2D eigenvalue weighted by Gasteiger charge is -2.20. The van der Waals surface area contributed by atoms with Gasteiger partial charge in [-0.25, -0.2) is 4.79 Å². The molecule has 1 aromatic rings. The van der Waals surface area contributed by atoms with E-state index in [1.54, 1.807) is 12.1 Å². The summed E-state index contributed by atoms with van der Waals surface area (Å²) < 4.78 is 1.57. The second kappa shape index (κ2) is 7.23. The molecule has 0 bridgehead atoms. The zero-order chi connectivity index (χ0) is 14.6. The maximum atomic E-state index is 12.1. The Morgan fingerprint density at radius 1 is 1.47 bits per heavy atom. The fourth-order valence-corrected chi connectivity index (χ4v) is 2.49. The summed E-state index contributed by atoms with van der Waals surface area (Å²) in [5.74, 6) is -1.51. The number of hydrogen-bond acceptors (Lipinski definition) is 2. The molecule has 0 aliphatic heterocycles. The monoisotopic (exact) mass is 439 g/mol. The van der Waals surface area contributed by atoms with Gasteiger partial charge >= 0.3 is 5.97 Å². The number of carbonyl (C=O) groups excluding carboxylic acids is 1. The standard InChI is InChI=1S/C13H15BrINO3/c1-3-7(2)11(13(18)19)16-12(17)9-6-8(15)4-5-10(9)14/h4-7,11H,3H2,1-2H3,(H,16,17)(H,18,19)/t7-,11-/m0/s1. The average Bonchev–Trinajstić information content (AvgIpc) is 2.37. The van der Waals surface area contributed by atoms with Crippen LogP contribution in [0.3, 0.4) is 0 Å². The van der Waals surface area contributed by atoms with Gasteiger partial charge in [0.1, 0.15) is 6.04 Å². The summed E-state index contributed by atoms with van der Waals surface area (Å²) in [5, 5.41) is 11.7. The summed E-state index contributed by atoms with van der Waals surface area (Å²) in [6.07, 6.45) is 0.685. The predicted molar refractivity (Wildman–Crippen MR) is 85.2 cm³/mol. The molecule has 0 radical (unpaired) electrons. The van der Waals surface area contributed by atoms with Crippen molar-refractivity contribution in [2.75, 3.05) is 0 Å². The van der Waals surface area contributed by atoms with E-state index in [1.807, 2.05) is 19.9 Å². The molecule has 1 amide bonds. The van der Waals surface area contributed by atoms with Gasteiger partial charge in [0.05, 0.1) is 5.56 Å². The lowest BCUT2D eigenvalue weighted by molar-refractivity contribution is -0.140. The molecule has 0 aliphatic carbocycles. The van der Waals surface area contributed by atoms with E-state index in [2.05, 4.69) is 43.8 Å². The summed E-state index contributed by atoms with van der Waals surface area (Å²) in [6, 6.07) is 4.48. The van der Waals surface area contributed by atoms with Gasteiger partial charge in [0.2, 0.25) is 0 Å². The molecule has 104 valence electrons. The molecule has 0 heterocycles. The first-order valence-corrected chi connectivity index (χ1v) is 7.72. The molecule has 0 fully saturated rings. The molecular weight excluding hydrogens is 425 g/mol. The van der Waals surface area contributed by atoms with Gasteiger partial charge in [-0.1, -0.05) is 20.3 Å². The Morgan fingerprint density at radius 2 is 2.11 bits per heavy atom. The van der Waals surface area contributed by atoms with E-state index in [1.165, 1.54) is 0 Å². The van der Waals surface area contributed by atoms with Crippen LogP contribution in [0.25, 0.3) is 0 Å². The number of nitrogens with one attached hydrogen (secondary N) is 1. The number of amides is 1. The summed E-state index contributed by atoms with van der Waals surface area (Å²) in [7, 11) is 0. The van der Waals surface area contributed by atoms with Crippen molar-refractivity contribution < 1.29 is 14.7 Å². The Hall–Kier alpha value is -0.630. The third-order valence-electron chi connectivity index (χ3n) is 2.94. The van der Waals surface area contributed by atoms with Crippen molar-refractivity contribution in [3.8, 4) is 0 Å². The van der Waals surface area contributed by atoms with Crippen LogP contribution in [-0.2, 0) is 4.79 Å². The molecule has 0 spiro atoms. The summed E-state index contributed by atoms with van der Waals surface area (Å²) in [4.78, 5) is 23.3. The first-order chi connectivity index (χ1) is 8.86. The largest absolute Gasteiger partial charge is 0.480 e. The Kier molecular flexibility index (Phi) is 6.25. The predicted octanol–water partition coefficient (Wildman–Crippen LogP) is 3.28. The average molecular weight is 440 g/mol. The normalized spacial score (nSPS) is 13.7. The first-order valence-electron chi connectivity index (χ1n) is 5.85. The second-order valence-corrected chi connectivity index (χ2v) is 6.40. The van der Waals surface area contributed by atoms with Gasteiger partial charge in [0.15, 0.2) is 0 Å². The molecule has 0 saturated carbocycles. The Bertz CT molecular complexity index is 493. The number of aliphatic carboxylic acids is 1. The number of rotatable bonds is 5. The van der Waals surface area contributed by atoms with Gasteiger partial charge < -0.3 is 10.4 Å². The number of carbonyl (C=O) groups is 2. The van der Waals surface area contributed by atoms with Crippen molar-refractivity contribution in [1.82, 2.24) is 5.32 Å². The minimum atomic E-state index is -1.01. The van der Waals surface area contributed by atoms with E-state index in [4.69, 9.17) is 5.11 Å². The van der Waals surface area contributed by atoms with Gasteiger partial charge in [-0.3, -0.25) is 4.79 Å². The molecule has 2 N–H and O–H groups in total. The molecular formula is C13H15BrINO3. The van der Waals surface area contributed by atoms with Gasteiger partial charge in [0.25, 0.3) is 5.91 Å². The van der Waals surface area contributed by atoms with Crippen LogP contribution < -0.4 is 5.32 Å². The SMILES string of the molecule is CC[C@H](C)[C@H](NC(=O)c1cc(I)ccc1Br)C(=O)O. The minimum absolute atomic E-state index is 0.122. The highest BCUT2D eigenvalue weighted by Crippen LogP contribution is 2.20. The lowest BCUT2D eigenvalue weighted by Crippen LogP contribution is -2.45. The quantitative estimate of drug-likeness (QED) is 0.692. The molecule has 6 heteroatoms. The summed E-state index contributed by atoms with van der Waals surface area (Å²) in [5.41, 5.74) is 0.446. The third kappa shape index (κ3) is 4.45. The Balaban J connectivity index is 2.94.